The Bertz CT molecular complexity index is 403. The molecule has 1 aromatic carbocycles. The van der Waals surface area contributed by atoms with Gasteiger partial charge in [0.2, 0.25) is 0 Å². The van der Waals surface area contributed by atoms with Gasteiger partial charge < -0.3 is 10.2 Å². The first-order chi connectivity index (χ1) is 8.22. The zero-order chi connectivity index (χ0) is 12.3. The Kier molecular flexibility index (Phi) is 3.79. The zero-order valence-electron chi connectivity index (χ0n) is 10.6. The average Bonchev–Trinajstić information content (AvgIpc) is 2.37. The number of fused-ring (bicyclic) bond motifs is 1. The van der Waals surface area contributed by atoms with Gasteiger partial charge in [-0.3, -0.25) is 4.79 Å². The molecule has 1 aliphatic heterocycles. The Labute approximate surface area is 103 Å². The van der Waals surface area contributed by atoms with Gasteiger partial charge in [-0.1, -0.05) is 24.3 Å². The number of carbonyl (C=O) groups is 1. The van der Waals surface area contributed by atoms with Gasteiger partial charge in [0, 0.05) is 18.5 Å². The first-order valence-electron chi connectivity index (χ1n) is 6.41. The third kappa shape index (κ3) is 2.67. The average molecular weight is 233 g/mol. The third-order valence-electron chi connectivity index (χ3n) is 3.61. The zero-order valence-corrected chi connectivity index (χ0v) is 10.6. The largest absolute Gasteiger partial charge is 0.351 e. The lowest BCUT2D eigenvalue weighted by Gasteiger charge is -2.29. The van der Waals surface area contributed by atoms with E-state index in [1.54, 1.807) is 0 Å². The van der Waals surface area contributed by atoms with Crippen molar-refractivity contribution in [2.45, 2.75) is 32.9 Å². The predicted molar refractivity (Wildman–Crippen MR) is 67.8 cm³/mol. The molecule has 2 atom stereocenters. The molecule has 3 heteroatoms. The van der Waals surface area contributed by atoms with E-state index in [0.29, 0.717) is 6.54 Å². The lowest BCUT2D eigenvalue weighted by atomic mass is 9.99. The lowest BCUT2D eigenvalue weighted by molar-refractivity contribution is -0.929. The molecule has 0 bridgehead atoms. The van der Waals surface area contributed by atoms with Crippen molar-refractivity contribution < 1.29 is 9.69 Å². The van der Waals surface area contributed by atoms with Crippen LogP contribution in [-0.2, 0) is 17.8 Å². The van der Waals surface area contributed by atoms with E-state index in [-0.39, 0.29) is 11.9 Å². The van der Waals surface area contributed by atoms with Gasteiger partial charge in [-0.25, -0.2) is 0 Å². The minimum Gasteiger partial charge on any atom is -0.351 e. The van der Waals surface area contributed by atoms with Crippen LogP contribution in [0.5, 0.6) is 0 Å². The Hall–Kier alpha value is -1.35. The lowest BCUT2D eigenvalue weighted by Crippen LogP contribution is -3.16. The molecule has 1 unspecified atom stereocenters. The van der Waals surface area contributed by atoms with Crippen LogP contribution in [0, 0.1) is 0 Å². The summed E-state index contributed by atoms with van der Waals surface area (Å²) in [5.74, 6) is 0.168. The van der Waals surface area contributed by atoms with Crippen LogP contribution < -0.4 is 10.2 Å². The Morgan fingerprint density at radius 1 is 1.41 bits per heavy atom. The van der Waals surface area contributed by atoms with Crippen molar-refractivity contribution in [2.24, 2.45) is 0 Å². The van der Waals surface area contributed by atoms with Crippen molar-refractivity contribution in [3.8, 4) is 0 Å². The molecular formula is C14H21N2O+. The van der Waals surface area contributed by atoms with Gasteiger partial charge >= 0.3 is 0 Å². The van der Waals surface area contributed by atoms with E-state index in [0.717, 1.165) is 19.5 Å². The molecule has 0 aliphatic carbocycles. The highest BCUT2D eigenvalue weighted by Crippen LogP contribution is 2.10. The fourth-order valence-electron chi connectivity index (χ4n) is 2.48. The van der Waals surface area contributed by atoms with E-state index in [4.69, 9.17) is 0 Å². The summed E-state index contributed by atoms with van der Waals surface area (Å²) in [5.41, 5.74) is 2.84. The molecule has 1 aliphatic rings. The van der Waals surface area contributed by atoms with Gasteiger partial charge in [0.05, 0.1) is 6.54 Å². The number of benzene rings is 1. The molecular weight excluding hydrogens is 212 g/mol. The van der Waals surface area contributed by atoms with E-state index in [9.17, 15) is 4.79 Å². The number of quaternary nitrogens is 1. The predicted octanol–water partition coefficient (Wildman–Crippen LogP) is 0.152. The van der Waals surface area contributed by atoms with Gasteiger partial charge in [0.1, 0.15) is 6.54 Å². The maximum absolute atomic E-state index is 11.8. The van der Waals surface area contributed by atoms with Crippen molar-refractivity contribution in [3.63, 3.8) is 0 Å². The molecule has 2 rings (SSSR count). The molecule has 1 amide bonds. The van der Waals surface area contributed by atoms with Gasteiger partial charge in [-0.15, -0.1) is 0 Å². The quantitative estimate of drug-likeness (QED) is 0.766. The molecule has 17 heavy (non-hydrogen) atoms. The normalized spacial score (nSPS) is 20.5. The first kappa shape index (κ1) is 12.1. The molecule has 0 radical (unpaired) electrons. The third-order valence-corrected chi connectivity index (χ3v) is 3.61. The Morgan fingerprint density at radius 2 is 2.12 bits per heavy atom. The van der Waals surface area contributed by atoms with Crippen LogP contribution in [0.1, 0.15) is 25.0 Å². The van der Waals surface area contributed by atoms with Crippen molar-refractivity contribution in [3.05, 3.63) is 35.4 Å². The molecule has 0 saturated carbocycles. The van der Waals surface area contributed by atoms with Crippen LogP contribution in [-0.4, -0.2) is 25.0 Å². The van der Waals surface area contributed by atoms with E-state index in [2.05, 4.69) is 29.6 Å². The van der Waals surface area contributed by atoms with Gasteiger partial charge in [-0.2, -0.15) is 0 Å². The van der Waals surface area contributed by atoms with Crippen molar-refractivity contribution in [1.82, 2.24) is 5.32 Å². The smallest absolute Gasteiger partial charge is 0.278 e. The Morgan fingerprint density at radius 3 is 2.82 bits per heavy atom. The monoisotopic (exact) mass is 233 g/mol. The second-order valence-corrected chi connectivity index (χ2v) is 4.72. The minimum atomic E-state index is 0.0447. The number of likely N-dealkylation sites (N-methyl/N-ethyl adjacent to an activating group) is 1. The summed E-state index contributed by atoms with van der Waals surface area (Å²) >= 11 is 0. The van der Waals surface area contributed by atoms with Crippen LogP contribution in [0.3, 0.4) is 0 Å². The molecule has 0 saturated heterocycles. The fourth-order valence-corrected chi connectivity index (χ4v) is 2.48. The fraction of sp³-hybridized carbons (Fsp3) is 0.500. The van der Waals surface area contributed by atoms with Crippen LogP contribution in [0.4, 0.5) is 0 Å². The minimum absolute atomic E-state index is 0.0447. The highest BCUT2D eigenvalue weighted by Gasteiger charge is 2.28. The summed E-state index contributed by atoms with van der Waals surface area (Å²) in [6.45, 7) is 6.72. The van der Waals surface area contributed by atoms with Crippen LogP contribution >= 0.6 is 0 Å². The number of nitrogens with one attached hydrogen (secondary N) is 2. The van der Waals surface area contributed by atoms with Crippen LogP contribution in [0.2, 0.25) is 0 Å². The number of carbonyl (C=O) groups excluding carboxylic acids is 1. The molecule has 3 nitrogen and oxygen atoms in total. The molecule has 0 spiro atoms. The van der Waals surface area contributed by atoms with E-state index in [1.807, 2.05) is 13.8 Å². The Balaban J connectivity index is 2.04. The van der Waals surface area contributed by atoms with Gasteiger partial charge in [-0.05, 0) is 19.4 Å². The van der Waals surface area contributed by atoms with E-state index < -0.39 is 0 Å². The summed E-state index contributed by atoms with van der Waals surface area (Å²) < 4.78 is 0. The summed E-state index contributed by atoms with van der Waals surface area (Å²) in [6, 6.07) is 8.60. The second-order valence-electron chi connectivity index (χ2n) is 4.72. The molecule has 0 fully saturated rings. The number of hydrogen-bond donors (Lipinski definition) is 2. The molecule has 2 N–H and O–H groups in total. The van der Waals surface area contributed by atoms with Gasteiger partial charge in [0.25, 0.3) is 5.91 Å². The molecule has 92 valence electrons. The molecule has 0 aromatic heterocycles. The standard InChI is InChI=1S/C14H20N2O/c1-3-15-14(17)11(2)16-9-8-12-6-4-5-7-13(12)10-16/h4-7,11H,3,8-10H2,1-2H3,(H,15,17)/p+1/t11-/m0/s1. The van der Waals surface area contributed by atoms with Crippen molar-refractivity contribution in [1.29, 1.82) is 0 Å². The maximum Gasteiger partial charge on any atom is 0.278 e. The van der Waals surface area contributed by atoms with Crippen molar-refractivity contribution >= 4 is 5.91 Å². The first-order valence-corrected chi connectivity index (χ1v) is 6.41. The highest BCUT2D eigenvalue weighted by atomic mass is 16.2. The summed E-state index contributed by atoms with van der Waals surface area (Å²) in [5, 5.41) is 2.91. The highest BCUT2D eigenvalue weighted by molar-refractivity contribution is 5.79. The second kappa shape index (κ2) is 5.32. The number of rotatable bonds is 3. The van der Waals surface area contributed by atoms with E-state index in [1.165, 1.54) is 16.0 Å². The molecule has 1 heterocycles. The SMILES string of the molecule is CCNC(=O)[C@H](C)[NH+]1CCc2ccccc2C1. The van der Waals surface area contributed by atoms with Crippen LogP contribution in [0.15, 0.2) is 24.3 Å². The van der Waals surface area contributed by atoms with Crippen LogP contribution in [0.25, 0.3) is 0 Å². The summed E-state index contributed by atoms with van der Waals surface area (Å²) in [4.78, 5) is 13.2. The van der Waals surface area contributed by atoms with Gasteiger partial charge in [0.15, 0.2) is 6.04 Å². The summed E-state index contributed by atoms with van der Waals surface area (Å²) in [6.07, 6.45) is 1.08. The summed E-state index contributed by atoms with van der Waals surface area (Å²) in [7, 11) is 0. The molecule has 1 aromatic rings. The van der Waals surface area contributed by atoms with E-state index >= 15 is 0 Å². The van der Waals surface area contributed by atoms with Crippen molar-refractivity contribution in [2.75, 3.05) is 13.1 Å². The number of amides is 1. The topological polar surface area (TPSA) is 33.5 Å². The number of hydrogen-bond acceptors (Lipinski definition) is 1. The maximum atomic E-state index is 11.8.